The van der Waals surface area contributed by atoms with Gasteiger partial charge in [0.15, 0.2) is 5.13 Å². The molecule has 35 heavy (non-hydrogen) atoms. The van der Waals surface area contributed by atoms with Crippen LogP contribution in [0.25, 0.3) is 16.0 Å². The highest BCUT2D eigenvalue weighted by atomic mass is 35.5. The molecule has 0 saturated carbocycles. The fourth-order valence-corrected chi connectivity index (χ4v) is 5.11. The van der Waals surface area contributed by atoms with Crippen molar-refractivity contribution in [3.63, 3.8) is 0 Å². The van der Waals surface area contributed by atoms with E-state index in [4.69, 9.17) is 16.3 Å². The van der Waals surface area contributed by atoms with Gasteiger partial charge in [-0.2, -0.15) is 0 Å². The van der Waals surface area contributed by atoms with E-state index in [1.807, 2.05) is 24.3 Å². The lowest BCUT2D eigenvalue weighted by molar-refractivity contribution is -0.132. The van der Waals surface area contributed by atoms with Crippen LogP contribution in [0.2, 0.25) is 5.02 Å². The molecule has 1 aliphatic rings. The van der Waals surface area contributed by atoms with Gasteiger partial charge in [0.2, 0.25) is 0 Å². The summed E-state index contributed by atoms with van der Waals surface area (Å²) in [6.07, 6.45) is 0. The summed E-state index contributed by atoms with van der Waals surface area (Å²) in [4.78, 5) is 44.3. The second-order valence-corrected chi connectivity index (χ2v) is 9.20. The lowest BCUT2D eigenvalue weighted by Gasteiger charge is -2.23. The molecule has 1 saturated heterocycles. The number of hydrogen-bond acceptors (Lipinski definition) is 7. The van der Waals surface area contributed by atoms with Crippen molar-refractivity contribution in [2.45, 2.75) is 6.04 Å². The van der Waals surface area contributed by atoms with Gasteiger partial charge in [-0.3, -0.25) is 14.5 Å². The molecule has 174 valence electrons. The van der Waals surface area contributed by atoms with Crippen molar-refractivity contribution in [2.75, 3.05) is 12.0 Å². The third-order valence-electron chi connectivity index (χ3n) is 5.70. The molecule has 1 amide bonds. The van der Waals surface area contributed by atoms with Crippen LogP contribution in [0.3, 0.4) is 0 Å². The van der Waals surface area contributed by atoms with Crippen LogP contribution >= 0.6 is 22.9 Å². The fraction of sp³-hybridized carbons (Fsp3) is 0.0769. The van der Waals surface area contributed by atoms with Gasteiger partial charge in [-0.05, 0) is 54.1 Å². The van der Waals surface area contributed by atoms with E-state index in [-0.39, 0.29) is 11.3 Å². The number of carbonyl (C=O) groups is 3. The van der Waals surface area contributed by atoms with Crippen LogP contribution in [-0.2, 0) is 14.3 Å². The van der Waals surface area contributed by atoms with Gasteiger partial charge in [0.1, 0.15) is 5.76 Å². The van der Waals surface area contributed by atoms with Gasteiger partial charge in [0.05, 0.1) is 34.5 Å². The number of ether oxygens (including phenoxy) is 1. The Hall–Kier alpha value is -4.01. The molecule has 1 aromatic heterocycles. The summed E-state index contributed by atoms with van der Waals surface area (Å²) in [5.41, 5.74) is 1.78. The second kappa shape index (κ2) is 8.98. The van der Waals surface area contributed by atoms with Crippen molar-refractivity contribution in [1.82, 2.24) is 4.98 Å². The molecule has 4 aromatic rings. The van der Waals surface area contributed by atoms with Crippen molar-refractivity contribution in [1.29, 1.82) is 0 Å². The van der Waals surface area contributed by atoms with Crippen LogP contribution in [0.1, 0.15) is 27.5 Å². The van der Waals surface area contributed by atoms with Gasteiger partial charge in [0, 0.05) is 10.6 Å². The first kappa shape index (κ1) is 22.8. The number of carbonyl (C=O) groups excluding carboxylic acids is 3. The lowest BCUT2D eigenvalue weighted by Crippen LogP contribution is -2.29. The number of benzene rings is 3. The maximum absolute atomic E-state index is 13.3. The van der Waals surface area contributed by atoms with Gasteiger partial charge < -0.3 is 9.84 Å². The number of methoxy groups -OCH3 is 1. The third kappa shape index (κ3) is 3.96. The summed E-state index contributed by atoms with van der Waals surface area (Å²) in [6.45, 7) is 0. The lowest BCUT2D eigenvalue weighted by atomic mass is 9.95. The highest BCUT2D eigenvalue weighted by molar-refractivity contribution is 7.22. The first-order chi connectivity index (χ1) is 16.9. The molecule has 1 N–H and O–H groups in total. The van der Waals surface area contributed by atoms with Crippen LogP contribution in [0.4, 0.5) is 5.13 Å². The summed E-state index contributed by atoms with van der Waals surface area (Å²) >= 11 is 7.24. The Kier molecular flexibility index (Phi) is 5.84. The minimum Gasteiger partial charge on any atom is -0.507 e. The Morgan fingerprint density at radius 1 is 1.00 bits per heavy atom. The molecule has 7 nitrogen and oxygen atoms in total. The summed E-state index contributed by atoms with van der Waals surface area (Å²) < 4.78 is 5.61. The number of aliphatic hydroxyl groups excluding tert-OH is 1. The Morgan fingerprint density at radius 2 is 1.66 bits per heavy atom. The van der Waals surface area contributed by atoms with Crippen LogP contribution in [-0.4, -0.2) is 34.9 Å². The van der Waals surface area contributed by atoms with Crippen LogP contribution < -0.4 is 4.90 Å². The number of fused-ring (bicyclic) bond motifs is 1. The van der Waals surface area contributed by atoms with Gasteiger partial charge in [-0.15, -0.1) is 0 Å². The van der Waals surface area contributed by atoms with E-state index in [1.54, 1.807) is 48.5 Å². The molecule has 2 heterocycles. The molecule has 1 aliphatic heterocycles. The summed E-state index contributed by atoms with van der Waals surface area (Å²) in [5.74, 6) is -2.48. The first-order valence-corrected chi connectivity index (χ1v) is 11.7. The van der Waals surface area contributed by atoms with Gasteiger partial charge in [-0.25, -0.2) is 9.78 Å². The van der Waals surface area contributed by atoms with E-state index in [0.29, 0.717) is 32.4 Å². The number of Topliss-reactive ketones (excluding diaryl/α,β-unsaturated/α-hetero) is 1. The smallest absolute Gasteiger partial charge is 0.337 e. The number of para-hydroxylation sites is 1. The number of anilines is 1. The van der Waals surface area contributed by atoms with E-state index in [0.717, 1.165) is 4.70 Å². The molecule has 1 unspecified atom stereocenters. The van der Waals surface area contributed by atoms with E-state index in [1.165, 1.54) is 23.3 Å². The third-order valence-corrected chi connectivity index (χ3v) is 6.99. The van der Waals surface area contributed by atoms with Crippen molar-refractivity contribution < 1.29 is 24.2 Å². The number of halogens is 1. The largest absolute Gasteiger partial charge is 0.507 e. The van der Waals surface area contributed by atoms with E-state index in [9.17, 15) is 19.5 Å². The highest BCUT2D eigenvalue weighted by Crippen LogP contribution is 2.44. The standard InChI is InChI=1S/C26H17ClN2O5S/c1-34-25(33)16-8-6-14(7-9-16)21-20(22(30)15-10-12-17(27)13-11-15)23(31)24(32)29(21)26-28-18-4-2-3-5-19(18)35-26/h2-13,21,30H,1H3. The van der Waals surface area contributed by atoms with Gasteiger partial charge in [-0.1, -0.05) is 47.2 Å². The maximum atomic E-state index is 13.3. The molecule has 0 bridgehead atoms. The zero-order valence-corrected chi connectivity index (χ0v) is 19.8. The number of hydrogen-bond donors (Lipinski definition) is 1. The predicted octanol–water partition coefficient (Wildman–Crippen LogP) is 5.36. The summed E-state index contributed by atoms with van der Waals surface area (Å²) in [5, 5.41) is 12.0. The molecule has 0 radical (unpaired) electrons. The predicted molar refractivity (Wildman–Crippen MR) is 134 cm³/mol. The number of aromatic nitrogens is 1. The number of aliphatic hydroxyl groups is 1. The second-order valence-electron chi connectivity index (χ2n) is 7.75. The molecule has 5 rings (SSSR count). The Morgan fingerprint density at radius 3 is 2.31 bits per heavy atom. The van der Waals surface area contributed by atoms with Crippen LogP contribution in [0.5, 0.6) is 0 Å². The molecular weight excluding hydrogens is 488 g/mol. The SMILES string of the molecule is COC(=O)c1ccc(C2C(=C(O)c3ccc(Cl)cc3)C(=O)C(=O)N2c2nc3ccccc3s2)cc1. The summed E-state index contributed by atoms with van der Waals surface area (Å²) in [7, 11) is 1.28. The Bertz CT molecular complexity index is 1480. The maximum Gasteiger partial charge on any atom is 0.337 e. The number of thiazole rings is 1. The van der Waals surface area contributed by atoms with Crippen molar-refractivity contribution in [2.24, 2.45) is 0 Å². The zero-order valence-electron chi connectivity index (χ0n) is 18.3. The highest BCUT2D eigenvalue weighted by Gasteiger charge is 2.48. The molecule has 1 atom stereocenters. The zero-order chi connectivity index (χ0) is 24.7. The molecule has 1 fully saturated rings. The average Bonchev–Trinajstić information content (AvgIpc) is 3.42. The van der Waals surface area contributed by atoms with Crippen molar-refractivity contribution >= 4 is 61.7 Å². The van der Waals surface area contributed by atoms with Crippen LogP contribution in [0.15, 0.2) is 78.4 Å². The molecule has 9 heteroatoms. The Labute approximate surface area is 208 Å². The van der Waals surface area contributed by atoms with E-state index in [2.05, 4.69) is 4.98 Å². The fourth-order valence-electron chi connectivity index (χ4n) is 3.99. The minimum atomic E-state index is -0.960. The number of amides is 1. The van der Waals surface area contributed by atoms with Crippen molar-refractivity contribution in [3.05, 3.63) is 100 Å². The molecule has 0 aliphatic carbocycles. The first-order valence-electron chi connectivity index (χ1n) is 10.5. The molecule has 3 aromatic carbocycles. The van der Waals surface area contributed by atoms with Crippen LogP contribution in [0, 0.1) is 0 Å². The van der Waals surface area contributed by atoms with Gasteiger partial charge >= 0.3 is 11.9 Å². The monoisotopic (exact) mass is 504 g/mol. The minimum absolute atomic E-state index is 0.0811. The summed E-state index contributed by atoms with van der Waals surface area (Å²) in [6, 6.07) is 19.1. The quantitative estimate of drug-likeness (QED) is 0.174. The van der Waals surface area contributed by atoms with E-state index < -0.39 is 23.7 Å². The Balaban J connectivity index is 1.70. The average molecular weight is 505 g/mol. The molecule has 0 spiro atoms. The topological polar surface area (TPSA) is 96.8 Å². The number of rotatable bonds is 4. The number of esters is 1. The van der Waals surface area contributed by atoms with Crippen molar-refractivity contribution in [3.8, 4) is 0 Å². The molecular formula is C26H17ClN2O5S. The number of ketones is 1. The van der Waals surface area contributed by atoms with E-state index >= 15 is 0 Å². The van der Waals surface area contributed by atoms with Gasteiger partial charge in [0.25, 0.3) is 5.78 Å². The normalized spacial score (nSPS) is 17.2. The number of nitrogens with zero attached hydrogens (tertiary/aromatic N) is 2.